The van der Waals surface area contributed by atoms with E-state index in [1.54, 1.807) is 19.1 Å². The summed E-state index contributed by atoms with van der Waals surface area (Å²) >= 11 is 0. The smallest absolute Gasteiger partial charge is 0.126 e. The second-order valence-corrected chi connectivity index (χ2v) is 3.23. The molecule has 15 heavy (non-hydrogen) atoms. The largest absolute Gasteiger partial charge is 0.327 e. The lowest BCUT2D eigenvalue weighted by atomic mass is 10.0. The fourth-order valence-electron chi connectivity index (χ4n) is 1.16. The SMILES string of the molecule is Cc1ccc(CC(=CF)CN)cc1F.Cl. The van der Waals surface area contributed by atoms with Gasteiger partial charge in [0.15, 0.2) is 0 Å². The van der Waals surface area contributed by atoms with Crippen molar-refractivity contribution in [2.75, 3.05) is 6.54 Å². The topological polar surface area (TPSA) is 26.0 Å². The highest BCUT2D eigenvalue weighted by Crippen LogP contribution is 2.12. The van der Waals surface area contributed by atoms with Gasteiger partial charge in [0.25, 0.3) is 0 Å². The third kappa shape index (κ3) is 3.98. The fraction of sp³-hybridized carbons (Fsp3) is 0.273. The Hall–Kier alpha value is -0.930. The fourth-order valence-corrected chi connectivity index (χ4v) is 1.16. The summed E-state index contributed by atoms with van der Waals surface area (Å²) in [6, 6.07) is 4.86. The second-order valence-electron chi connectivity index (χ2n) is 3.23. The molecule has 84 valence electrons. The van der Waals surface area contributed by atoms with Gasteiger partial charge in [-0.05, 0) is 36.1 Å². The van der Waals surface area contributed by atoms with Crippen molar-refractivity contribution in [2.24, 2.45) is 5.73 Å². The summed E-state index contributed by atoms with van der Waals surface area (Å²) in [4.78, 5) is 0. The van der Waals surface area contributed by atoms with Crippen LogP contribution in [0.25, 0.3) is 0 Å². The number of halogens is 3. The van der Waals surface area contributed by atoms with Gasteiger partial charge in [-0.3, -0.25) is 0 Å². The monoisotopic (exact) mass is 233 g/mol. The summed E-state index contributed by atoms with van der Waals surface area (Å²) in [5.41, 5.74) is 7.09. The van der Waals surface area contributed by atoms with Crippen molar-refractivity contribution in [3.05, 3.63) is 47.0 Å². The summed E-state index contributed by atoms with van der Waals surface area (Å²) in [6.07, 6.45) is 0.849. The minimum absolute atomic E-state index is 0. The maximum Gasteiger partial charge on any atom is 0.126 e. The molecule has 0 atom stereocenters. The second kappa shape index (κ2) is 6.53. The van der Waals surface area contributed by atoms with Crippen LogP contribution in [0, 0.1) is 12.7 Å². The molecule has 1 nitrogen and oxygen atoms in total. The molecule has 0 aliphatic heterocycles. The Balaban J connectivity index is 0.00000196. The Labute approximate surface area is 94.4 Å². The quantitative estimate of drug-likeness (QED) is 0.854. The van der Waals surface area contributed by atoms with E-state index in [2.05, 4.69) is 0 Å². The molecule has 0 amide bonds. The van der Waals surface area contributed by atoms with Crippen molar-refractivity contribution in [2.45, 2.75) is 13.3 Å². The molecule has 0 spiro atoms. The minimum atomic E-state index is -0.266. The number of hydrogen-bond acceptors (Lipinski definition) is 1. The molecule has 1 aromatic rings. The lowest BCUT2D eigenvalue weighted by Crippen LogP contribution is -2.05. The average molecular weight is 234 g/mol. The van der Waals surface area contributed by atoms with Crippen LogP contribution in [-0.4, -0.2) is 6.54 Å². The predicted octanol–water partition coefficient (Wildman–Crippen LogP) is 2.91. The summed E-state index contributed by atoms with van der Waals surface area (Å²) in [6.45, 7) is 1.85. The number of aryl methyl sites for hydroxylation is 1. The summed E-state index contributed by atoms with van der Waals surface area (Å²) in [5.74, 6) is -0.266. The Bertz CT molecular complexity index is 350. The zero-order valence-corrected chi connectivity index (χ0v) is 9.28. The molecular formula is C11H14ClF2N. The van der Waals surface area contributed by atoms with Gasteiger partial charge in [0, 0.05) is 6.54 Å². The Morgan fingerprint density at radius 3 is 2.60 bits per heavy atom. The van der Waals surface area contributed by atoms with Gasteiger partial charge in [-0.2, -0.15) is 0 Å². The van der Waals surface area contributed by atoms with Crippen LogP contribution in [0.4, 0.5) is 8.78 Å². The number of nitrogens with two attached hydrogens (primary N) is 1. The highest BCUT2D eigenvalue weighted by Gasteiger charge is 2.01. The molecule has 2 N–H and O–H groups in total. The molecule has 0 aliphatic carbocycles. The molecule has 0 unspecified atom stereocenters. The van der Waals surface area contributed by atoms with E-state index in [1.807, 2.05) is 0 Å². The van der Waals surface area contributed by atoms with Crippen LogP contribution < -0.4 is 5.73 Å². The highest BCUT2D eigenvalue weighted by atomic mass is 35.5. The molecule has 4 heteroatoms. The highest BCUT2D eigenvalue weighted by molar-refractivity contribution is 5.85. The maximum absolute atomic E-state index is 13.1. The molecule has 0 aliphatic rings. The van der Waals surface area contributed by atoms with E-state index in [1.165, 1.54) is 6.07 Å². The van der Waals surface area contributed by atoms with Crippen LogP contribution in [0.15, 0.2) is 30.1 Å². The molecule has 0 radical (unpaired) electrons. The third-order valence-electron chi connectivity index (χ3n) is 2.08. The molecule has 0 fully saturated rings. The lowest BCUT2D eigenvalue weighted by Gasteiger charge is -2.04. The first kappa shape index (κ1) is 14.1. The van der Waals surface area contributed by atoms with Crippen molar-refractivity contribution in [3.63, 3.8) is 0 Å². The zero-order valence-electron chi connectivity index (χ0n) is 8.47. The van der Waals surface area contributed by atoms with E-state index in [-0.39, 0.29) is 24.8 Å². The van der Waals surface area contributed by atoms with Crippen LogP contribution >= 0.6 is 12.4 Å². The van der Waals surface area contributed by atoms with Crippen molar-refractivity contribution in [1.29, 1.82) is 0 Å². The number of benzene rings is 1. The number of hydrogen-bond donors (Lipinski definition) is 1. The molecule has 0 heterocycles. The lowest BCUT2D eigenvalue weighted by molar-refractivity contribution is 0.616. The van der Waals surface area contributed by atoms with Crippen LogP contribution in [0.3, 0.4) is 0 Å². The first-order valence-electron chi connectivity index (χ1n) is 4.40. The Kier molecular flexibility index (Phi) is 6.13. The first-order chi connectivity index (χ1) is 6.67. The normalized spacial score (nSPS) is 11.1. The van der Waals surface area contributed by atoms with Gasteiger partial charge in [-0.15, -0.1) is 12.4 Å². The van der Waals surface area contributed by atoms with Crippen molar-refractivity contribution >= 4 is 12.4 Å². The average Bonchev–Trinajstić information content (AvgIpc) is 2.19. The van der Waals surface area contributed by atoms with Crippen LogP contribution in [0.1, 0.15) is 11.1 Å². The molecule has 0 bridgehead atoms. The van der Waals surface area contributed by atoms with Crippen molar-refractivity contribution in [1.82, 2.24) is 0 Å². The maximum atomic E-state index is 13.1. The van der Waals surface area contributed by atoms with E-state index >= 15 is 0 Å². The molecule has 0 saturated heterocycles. The van der Waals surface area contributed by atoms with E-state index < -0.39 is 0 Å². The van der Waals surface area contributed by atoms with Crippen LogP contribution in [0.2, 0.25) is 0 Å². The van der Waals surface area contributed by atoms with Gasteiger partial charge in [-0.25, -0.2) is 8.78 Å². The van der Waals surface area contributed by atoms with Gasteiger partial charge in [0.2, 0.25) is 0 Å². The number of rotatable bonds is 3. The van der Waals surface area contributed by atoms with Crippen molar-refractivity contribution < 1.29 is 8.78 Å². The Morgan fingerprint density at radius 1 is 1.47 bits per heavy atom. The van der Waals surface area contributed by atoms with E-state index in [0.717, 1.165) is 5.56 Å². The van der Waals surface area contributed by atoms with E-state index in [4.69, 9.17) is 5.73 Å². The summed E-state index contributed by atoms with van der Waals surface area (Å²) < 4.78 is 25.3. The summed E-state index contributed by atoms with van der Waals surface area (Å²) in [7, 11) is 0. The molecular weight excluding hydrogens is 220 g/mol. The minimum Gasteiger partial charge on any atom is -0.327 e. The van der Waals surface area contributed by atoms with Crippen molar-refractivity contribution in [3.8, 4) is 0 Å². The van der Waals surface area contributed by atoms with Gasteiger partial charge >= 0.3 is 0 Å². The molecule has 0 aromatic heterocycles. The van der Waals surface area contributed by atoms with Crippen LogP contribution in [0.5, 0.6) is 0 Å². The van der Waals surface area contributed by atoms with Gasteiger partial charge in [0.1, 0.15) is 5.82 Å². The predicted molar refractivity (Wildman–Crippen MR) is 60.3 cm³/mol. The van der Waals surface area contributed by atoms with Gasteiger partial charge < -0.3 is 5.73 Å². The molecule has 1 aromatic carbocycles. The molecule has 1 rings (SSSR count). The standard InChI is InChI=1S/C11H13F2N.ClH/c1-8-2-3-9(5-11(8)13)4-10(6-12)7-14;/h2-3,5-6H,4,7,14H2,1H3;1H. The van der Waals surface area contributed by atoms with Gasteiger partial charge in [0.05, 0.1) is 6.33 Å². The Morgan fingerprint density at radius 2 is 2.13 bits per heavy atom. The van der Waals surface area contributed by atoms with Gasteiger partial charge in [-0.1, -0.05) is 12.1 Å². The molecule has 0 saturated carbocycles. The zero-order chi connectivity index (χ0) is 10.6. The van der Waals surface area contributed by atoms with E-state index in [0.29, 0.717) is 23.9 Å². The van der Waals surface area contributed by atoms with E-state index in [9.17, 15) is 8.78 Å². The first-order valence-corrected chi connectivity index (χ1v) is 4.40. The third-order valence-corrected chi connectivity index (χ3v) is 2.08. The summed E-state index contributed by atoms with van der Waals surface area (Å²) in [5, 5.41) is 0. The van der Waals surface area contributed by atoms with Crippen LogP contribution in [-0.2, 0) is 6.42 Å².